The van der Waals surface area contributed by atoms with Gasteiger partial charge < -0.3 is 9.47 Å². The van der Waals surface area contributed by atoms with Crippen LogP contribution in [0.1, 0.15) is 0 Å². The van der Waals surface area contributed by atoms with Crippen LogP contribution >= 0.6 is 11.6 Å². The molecule has 0 fully saturated rings. The van der Waals surface area contributed by atoms with Crippen LogP contribution in [-0.2, 0) is 14.8 Å². The first-order valence-corrected chi connectivity index (χ1v) is 9.15. The highest BCUT2D eigenvalue weighted by atomic mass is 35.5. The second-order valence-corrected chi connectivity index (χ2v) is 7.37. The van der Waals surface area contributed by atoms with Gasteiger partial charge in [0.2, 0.25) is 0 Å². The SMILES string of the molecule is COc1ccc(N(CC(=O)NN)S(=O)(=O)c2ccc(Cl)cc2)c(OC)c1. The highest BCUT2D eigenvalue weighted by Crippen LogP contribution is 2.35. The normalized spacial score (nSPS) is 10.9. The molecule has 3 N–H and O–H groups in total. The molecule has 0 aliphatic carbocycles. The van der Waals surface area contributed by atoms with Gasteiger partial charge in [0, 0.05) is 11.1 Å². The van der Waals surface area contributed by atoms with Gasteiger partial charge >= 0.3 is 0 Å². The third-order valence-electron chi connectivity index (χ3n) is 3.51. The second kappa shape index (κ2) is 8.26. The minimum atomic E-state index is -4.09. The van der Waals surface area contributed by atoms with Crippen molar-refractivity contribution >= 4 is 33.2 Å². The first kappa shape index (κ1) is 19.8. The molecule has 0 saturated heterocycles. The lowest BCUT2D eigenvalue weighted by molar-refractivity contribution is -0.119. The molecule has 0 spiro atoms. The molecule has 0 aliphatic rings. The summed E-state index contributed by atoms with van der Waals surface area (Å²) in [6.07, 6.45) is 0. The summed E-state index contributed by atoms with van der Waals surface area (Å²) < 4.78 is 37.5. The highest BCUT2D eigenvalue weighted by Gasteiger charge is 2.29. The predicted molar refractivity (Wildman–Crippen MR) is 97.9 cm³/mol. The van der Waals surface area contributed by atoms with E-state index in [0.29, 0.717) is 10.8 Å². The summed E-state index contributed by atoms with van der Waals surface area (Å²) in [7, 11) is -1.24. The number of amides is 1. The van der Waals surface area contributed by atoms with Gasteiger partial charge in [0.15, 0.2) is 0 Å². The lowest BCUT2D eigenvalue weighted by atomic mass is 10.2. The maximum Gasteiger partial charge on any atom is 0.264 e. The molecule has 8 nitrogen and oxygen atoms in total. The van der Waals surface area contributed by atoms with Crippen LogP contribution in [-0.4, -0.2) is 35.1 Å². The maximum atomic E-state index is 13.1. The topological polar surface area (TPSA) is 111 Å². The Morgan fingerprint density at radius 3 is 2.35 bits per heavy atom. The molecular formula is C16H18ClN3O5S. The molecule has 0 aromatic heterocycles. The maximum absolute atomic E-state index is 13.1. The van der Waals surface area contributed by atoms with E-state index in [2.05, 4.69) is 0 Å². The van der Waals surface area contributed by atoms with Gasteiger partial charge in [0.1, 0.15) is 18.0 Å². The number of nitrogens with zero attached hydrogens (tertiary/aromatic N) is 1. The third kappa shape index (κ3) is 4.18. The number of carbonyl (C=O) groups is 1. The molecule has 1 amide bonds. The zero-order valence-corrected chi connectivity index (χ0v) is 15.7. The fourth-order valence-electron chi connectivity index (χ4n) is 2.20. The fraction of sp³-hybridized carbons (Fsp3) is 0.188. The van der Waals surface area contributed by atoms with Gasteiger partial charge in [-0.25, -0.2) is 14.3 Å². The van der Waals surface area contributed by atoms with E-state index in [4.69, 9.17) is 26.9 Å². The third-order valence-corrected chi connectivity index (χ3v) is 5.53. The number of nitrogens with two attached hydrogens (primary N) is 1. The summed E-state index contributed by atoms with van der Waals surface area (Å²) in [5.74, 6) is 5.12. The Hall–Kier alpha value is -2.49. The molecule has 0 heterocycles. The Balaban J connectivity index is 2.60. The zero-order chi connectivity index (χ0) is 19.3. The Kier molecular flexibility index (Phi) is 6.30. The predicted octanol–water partition coefficient (Wildman–Crippen LogP) is 1.54. The van der Waals surface area contributed by atoms with E-state index in [1.165, 1.54) is 50.6 Å². The number of rotatable bonds is 7. The lowest BCUT2D eigenvalue weighted by Gasteiger charge is -2.25. The molecule has 0 radical (unpaired) electrons. The molecule has 26 heavy (non-hydrogen) atoms. The van der Waals surface area contributed by atoms with Crippen molar-refractivity contribution in [1.29, 1.82) is 0 Å². The van der Waals surface area contributed by atoms with Crippen molar-refractivity contribution < 1.29 is 22.7 Å². The minimum Gasteiger partial charge on any atom is -0.497 e. The van der Waals surface area contributed by atoms with Crippen LogP contribution in [0.5, 0.6) is 11.5 Å². The van der Waals surface area contributed by atoms with Crippen LogP contribution < -0.4 is 25.0 Å². The molecule has 0 atom stereocenters. The van der Waals surface area contributed by atoms with Gasteiger partial charge in [-0.15, -0.1) is 0 Å². The number of hydrogen-bond acceptors (Lipinski definition) is 6. The smallest absolute Gasteiger partial charge is 0.264 e. The molecule has 2 aromatic carbocycles. The molecular weight excluding hydrogens is 382 g/mol. The van der Waals surface area contributed by atoms with Crippen molar-refractivity contribution in [2.24, 2.45) is 5.84 Å². The summed E-state index contributed by atoms with van der Waals surface area (Å²) in [6, 6.07) is 10.1. The standard InChI is InChI=1S/C16H18ClN3O5S/c1-24-12-5-8-14(15(9-12)25-2)20(10-16(21)19-18)26(22,23)13-6-3-11(17)4-7-13/h3-9H,10,18H2,1-2H3,(H,19,21). The summed E-state index contributed by atoms with van der Waals surface area (Å²) in [5.41, 5.74) is 2.09. The van der Waals surface area contributed by atoms with Crippen LogP contribution in [0.25, 0.3) is 0 Å². The number of hydrogen-bond donors (Lipinski definition) is 2. The van der Waals surface area contributed by atoms with Crippen LogP contribution in [0.3, 0.4) is 0 Å². The Morgan fingerprint density at radius 2 is 1.81 bits per heavy atom. The quantitative estimate of drug-likeness (QED) is 0.415. The minimum absolute atomic E-state index is 0.0374. The summed E-state index contributed by atoms with van der Waals surface area (Å²) in [4.78, 5) is 11.8. The van der Waals surface area contributed by atoms with E-state index in [-0.39, 0.29) is 16.3 Å². The monoisotopic (exact) mass is 399 g/mol. The number of methoxy groups -OCH3 is 2. The second-order valence-electron chi connectivity index (χ2n) is 5.07. The molecule has 2 aromatic rings. The molecule has 0 aliphatic heterocycles. The van der Waals surface area contributed by atoms with E-state index in [9.17, 15) is 13.2 Å². The Bertz CT molecular complexity index is 887. The summed E-state index contributed by atoms with van der Waals surface area (Å²) >= 11 is 5.82. The van der Waals surface area contributed by atoms with Crippen LogP contribution in [0.15, 0.2) is 47.4 Å². The number of nitrogens with one attached hydrogen (secondary N) is 1. The van der Waals surface area contributed by atoms with Crippen molar-refractivity contribution in [3.63, 3.8) is 0 Å². The first-order valence-electron chi connectivity index (χ1n) is 7.33. The number of hydrazine groups is 1. The molecule has 2 rings (SSSR count). The van der Waals surface area contributed by atoms with E-state index < -0.39 is 22.5 Å². The van der Waals surface area contributed by atoms with Crippen molar-refractivity contribution in [3.05, 3.63) is 47.5 Å². The summed E-state index contributed by atoms with van der Waals surface area (Å²) in [6.45, 7) is -0.538. The number of ether oxygens (including phenoxy) is 2. The molecule has 0 saturated carbocycles. The molecule has 140 valence electrons. The van der Waals surface area contributed by atoms with Gasteiger partial charge in [0.25, 0.3) is 15.9 Å². The number of sulfonamides is 1. The largest absolute Gasteiger partial charge is 0.497 e. The van der Waals surface area contributed by atoms with Crippen molar-refractivity contribution in [3.8, 4) is 11.5 Å². The zero-order valence-electron chi connectivity index (χ0n) is 14.1. The molecule has 0 unspecified atom stereocenters. The van der Waals surface area contributed by atoms with E-state index in [0.717, 1.165) is 4.31 Å². The van der Waals surface area contributed by atoms with E-state index in [1.54, 1.807) is 6.07 Å². The Labute approximate surface area is 156 Å². The number of carbonyl (C=O) groups excluding carboxylic acids is 1. The van der Waals surface area contributed by atoms with Gasteiger partial charge in [0.05, 0.1) is 24.8 Å². The number of anilines is 1. The number of benzene rings is 2. The van der Waals surface area contributed by atoms with Gasteiger partial charge in [-0.3, -0.25) is 14.5 Å². The van der Waals surface area contributed by atoms with Crippen LogP contribution in [0, 0.1) is 0 Å². The molecule has 0 bridgehead atoms. The van der Waals surface area contributed by atoms with Crippen LogP contribution in [0.2, 0.25) is 5.02 Å². The fourth-order valence-corrected chi connectivity index (χ4v) is 3.76. The lowest BCUT2D eigenvalue weighted by Crippen LogP contribution is -2.43. The number of halogens is 1. The average molecular weight is 400 g/mol. The van der Waals surface area contributed by atoms with E-state index >= 15 is 0 Å². The van der Waals surface area contributed by atoms with Gasteiger partial charge in [-0.1, -0.05) is 11.6 Å². The van der Waals surface area contributed by atoms with E-state index in [1.807, 2.05) is 5.43 Å². The van der Waals surface area contributed by atoms with Crippen molar-refractivity contribution in [2.75, 3.05) is 25.1 Å². The Morgan fingerprint density at radius 1 is 1.15 bits per heavy atom. The van der Waals surface area contributed by atoms with Crippen molar-refractivity contribution in [2.45, 2.75) is 4.90 Å². The van der Waals surface area contributed by atoms with Crippen molar-refractivity contribution in [1.82, 2.24) is 5.43 Å². The van der Waals surface area contributed by atoms with Crippen LogP contribution in [0.4, 0.5) is 5.69 Å². The highest BCUT2D eigenvalue weighted by molar-refractivity contribution is 7.92. The average Bonchev–Trinajstić information content (AvgIpc) is 2.65. The van der Waals surface area contributed by atoms with Gasteiger partial charge in [-0.2, -0.15) is 0 Å². The molecule has 10 heteroatoms. The first-order chi connectivity index (χ1) is 12.3. The summed E-state index contributed by atoms with van der Waals surface area (Å²) in [5, 5.41) is 0.386. The van der Waals surface area contributed by atoms with Gasteiger partial charge in [-0.05, 0) is 36.4 Å².